The van der Waals surface area contributed by atoms with Crippen LogP contribution in [0.5, 0.6) is 0 Å². The Morgan fingerprint density at radius 1 is 1.24 bits per heavy atom. The lowest BCUT2D eigenvalue weighted by atomic mass is 10.2. The van der Waals surface area contributed by atoms with E-state index in [0.29, 0.717) is 6.07 Å². The Bertz CT molecular complexity index is 403. The Morgan fingerprint density at radius 2 is 1.76 bits per heavy atom. The molecular formula is C10H10F4N2O. The zero-order valence-corrected chi connectivity index (χ0v) is 8.64. The van der Waals surface area contributed by atoms with E-state index in [1.54, 1.807) is 0 Å². The molecule has 1 amide bonds. The van der Waals surface area contributed by atoms with E-state index in [1.165, 1.54) is 0 Å². The third kappa shape index (κ3) is 4.03. The predicted octanol–water partition coefficient (Wildman–Crippen LogP) is 1.29. The first-order chi connectivity index (χ1) is 7.84. The first-order valence-electron chi connectivity index (χ1n) is 4.66. The average molecular weight is 250 g/mol. The number of halogens is 4. The summed E-state index contributed by atoms with van der Waals surface area (Å²) in [6, 6.07) is 2.07. The smallest absolute Gasteiger partial charge is 0.277 e. The Kier molecular flexibility index (Phi) is 4.06. The number of carbonyl (C=O) groups is 1. The van der Waals surface area contributed by atoms with Gasteiger partial charge in [-0.1, -0.05) is 0 Å². The minimum Gasteiger partial charge on any atom is -0.346 e. The number of hydrogen-bond donors (Lipinski definition) is 2. The molecule has 0 atom stereocenters. The fourth-order valence-electron chi connectivity index (χ4n) is 1.07. The number of hydrogen-bond acceptors (Lipinski definition) is 2. The van der Waals surface area contributed by atoms with E-state index in [9.17, 15) is 22.4 Å². The number of nitrogens with two attached hydrogens (primary N) is 1. The van der Waals surface area contributed by atoms with Crippen LogP contribution in [0.15, 0.2) is 18.2 Å². The van der Waals surface area contributed by atoms with Crippen LogP contribution in [0.4, 0.5) is 17.6 Å². The Labute approximate surface area is 94.6 Å². The van der Waals surface area contributed by atoms with Gasteiger partial charge in [-0.15, -0.1) is 0 Å². The quantitative estimate of drug-likeness (QED) is 0.791. The Hall–Kier alpha value is -1.63. The van der Waals surface area contributed by atoms with E-state index < -0.39 is 36.6 Å². The van der Waals surface area contributed by atoms with Gasteiger partial charge < -0.3 is 11.1 Å². The standard InChI is InChI=1S/C10H10F4N2O/c11-7-1-6(2-8(12)3-7)9(17)16-5-10(13,14)4-15/h1-3H,4-5,15H2,(H,16,17). The fourth-order valence-corrected chi connectivity index (χ4v) is 1.07. The van der Waals surface area contributed by atoms with Crippen LogP contribution >= 0.6 is 0 Å². The monoisotopic (exact) mass is 250 g/mol. The highest BCUT2D eigenvalue weighted by molar-refractivity contribution is 5.94. The summed E-state index contributed by atoms with van der Waals surface area (Å²) in [6.07, 6.45) is 0. The van der Waals surface area contributed by atoms with E-state index in [1.807, 2.05) is 5.32 Å². The second kappa shape index (κ2) is 5.13. The number of amides is 1. The molecule has 3 nitrogen and oxygen atoms in total. The van der Waals surface area contributed by atoms with Crippen molar-refractivity contribution in [2.45, 2.75) is 5.92 Å². The van der Waals surface area contributed by atoms with Crippen LogP contribution in [0.2, 0.25) is 0 Å². The zero-order valence-electron chi connectivity index (χ0n) is 8.64. The van der Waals surface area contributed by atoms with Gasteiger partial charge in [0.1, 0.15) is 11.6 Å². The Morgan fingerprint density at radius 3 is 2.24 bits per heavy atom. The molecule has 94 valence electrons. The van der Waals surface area contributed by atoms with Crippen molar-refractivity contribution in [2.24, 2.45) is 5.73 Å². The number of alkyl halides is 2. The largest absolute Gasteiger partial charge is 0.346 e. The maximum Gasteiger partial charge on any atom is 0.277 e. The molecule has 0 radical (unpaired) electrons. The van der Waals surface area contributed by atoms with Crippen molar-refractivity contribution in [1.29, 1.82) is 0 Å². The normalized spacial score (nSPS) is 11.4. The number of rotatable bonds is 4. The van der Waals surface area contributed by atoms with Crippen LogP contribution in [0, 0.1) is 11.6 Å². The predicted molar refractivity (Wildman–Crippen MR) is 52.7 cm³/mol. The highest BCUT2D eigenvalue weighted by atomic mass is 19.3. The molecule has 0 aliphatic carbocycles. The molecule has 17 heavy (non-hydrogen) atoms. The van der Waals surface area contributed by atoms with Gasteiger partial charge in [-0.05, 0) is 12.1 Å². The summed E-state index contributed by atoms with van der Waals surface area (Å²) >= 11 is 0. The third-order valence-electron chi connectivity index (χ3n) is 1.93. The average Bonchev–Trinajstić information content (AvgIpc) is 2.24. The van der Waals surface area contributed by atoms with Gasteiger partial charge in [-0.3, -0.25) is 4.79 Å². The summed E-state index contributed by atoms with van der Waals surface area (Å²) in [6.45, 7) is -1.91. The second-order valence-electron chi connectivity index (χ2n) is 3.40. The highest BCUT2D eigenvalue weighted by Crippen LogP contribution is 2.11. The van der Waals surface area contributed by atoms with Crippen molar-refractivity contribution in [3.05, 3.63) is 35.4 Å². The van der Waals surface area contributed by atoms with Gasteiger partial charge in [-0.2, -0.15) is 0 Å². The molecule has 1 rings (SSSR count). The summed E-state index contributed by atoms with van der Waals surface area (Å²) in [5, 5.41) is 1.84. The van der Waals surface area contributed by atoms with E-state index in [4.69, 9.17) is 5.73 Å². The Balaban J connectivity index is 2.70. The van der Waals surface area contributed by atoms with Crippen molar-refractivity contribution < 1.29 is 22.4 Å². The molecule has 1 aromatic carbocycles. The van der Waals surface area contributed by atoms with Crippen LogP contribution in [0.3, 0.4) is 0 Å². The lowest BCUT2D eigenvalue weighted by molar-refractivity contribution is 0.0118. The summed E-state index contributed by atoms with van der Waals surface area (Å²) in [4.78, 5) is 11.3. The molecule has 0 aliphatic heterocycles. The van der Waals surface area contributed by atoms with Crippen molar-refractivity contribution in [2.75, 3.05) is 13.1 Å². The molecule has 0 aromatic heterocycles. The molecule has 0 unspecified atom stereocenters. The first kappa shape index (κ1) is 13.4. The number of carbonyl (C=O) groups excluding carboxylic acids is 1. The van der Waals surface area contributed by atoms with Gasteiger partial charge in [0.2, 0.25) is 0 Å². The first-order valence-corrected chi connectivity index (χ1v) is 4.66. The number of nitrogens with one attached hydrogen (secondary N) is 1. The van der Waals surface area contributed by atoms with Gasteiger partial charge in [0.25, 0.3) is 11.8 Å². The number of benzene rings is 1. The lowest BCUT2D eigenvalue weighted by Gasteiger charge is -2.14. The molecule has 0 saturated heterocycles. The second-order valence-corrected chi connectivity index (χ2v) is 3.40. The summed E-state index contributed by atoms with van der Waals surface area (Å²) < 4.78 is 50.9. The molecule has 3 N–H and O–H groups in total. The van der Waals surface area contributed by atoms with Crippen LogP contribution < -0.4 is 11.1 Å². The topological polar surface area (TPSA) is 55.1 Å². The molecular weight excluding hydrogens is 240 g/mol. The van der Waals surface area contributed by atoms with Crippen LogP contribution in [-0.4, -0.2) is 24.9 Å². The van der Waals surface area contributed by atoms with Gasteiger partial charge >= 0.3 is 0 Å². The van der Waals surface area contributed by atoms with E-state index in [-0.39, 0.29) is 5.56 Å². The van der Waals surface area contributed by atoms with Crippen molar-refractivity contribution in [3.63, 3.8) is 0 Å². The van der Waals surface area contributed by atoms with Crippen molar-refractivity contribution in [1.82, 2.24) is 5.32 Å². The van der Waals surface area contributed by atoms with Gasteiger partial charge in [0, 0.05) is 11.6 Å². The molecule has 0 aliphatic rings. The third-order valence-corrected chi connectivity index (χ3v) is 1.93. The van der Waals surface area contributed by atoms with Gasteiger partial charge in [-0.25, -0.2) is 17.6 Å². The highest BCUT2D eigenvalue weighted by Gasteiger charge is 2.27. The molecule has 0 spiro atoms. The summed E-state index contributed by atoms with van der Waals surface area (Å²) in [5.41, 5.74) is 4.39. The SMILES string of the molecule is NCC(F)(F)CNC(=O)c1cc(F)cc(F)c1. The van der Waals surface area contributed by atoms with Crippen LogP contribution in [-0.2, 0) is 0 Å². The van der Waals surface area contributed by atoms with Crippen molar-refractivity contribution >= 4 is 5.91 Å². The minimum atomic E-state index is -3.25. The lowest BCUT2D eigenvalue weighted by Crippen LogP contribution is -2.41. The molecule has 0 saturated carbocycles. The van der Waals surface area contributed by atoms with Crippen molar-refractivity contribution in [3.8, 4) is 0 Å². The fraction of sp³-hybridized carbons (Fsp3) is 0.300. The molecule has 0 bridgehead atoms. The minimum absolute atomic E-state index is 0.365. The summed E-state index contributed by atoms with van der Waals surface area (Å²) in [7, 11) is 0. The van der Waals surface area contributed by atoms with Crippen LogP contribution in [0.25, 0.3) is 0 Å². The van der Waals surface area contributed by atoms with E-state index >= 15 is 0 Å². The zero-order chi connectivity index (χ0) is 13.1. The maximum atomic E-state index is 12.7. The van der Waals surface area contributed by atoms with Gasteiger partial charge in [0.15, 0.2) is 0 Å². The molecule has 7 heteroatoms. The summed E-state index contributed by atoms with van der Waals surface area (Å²) in [5.74, 6) is -6.15. The van der Waals surface area contributed by atoms with E-state index in [0.717, 1.165) is 12.1 Å². The van der Waals surface area contributed by atoms with Gasteiger partial charge in [0.05, 0.1) is 13.1 Å². The van der Waals surface area contributed by atoms with Crippen LogP contribution in [0.1, 0.15) is 10.4 Å². The van der Waals surface area contributed by atoms with E-state index in [2.05, 4.69) is 0 Å². The maximum absolute atomic E-state index is 12.7. The molecule has 0 fully saturated rings. The molecule has 1 aromatic rings. The molecule has 0 heterocycles.